The second-order valence-electron chi connectivity index (χ2n) is 6.71. The lowest BCUT2D eigenvalue weighted by atomic mass is 10.0. The van der Waals surface area contributed by atoms with Gasteiger partial charge in [0.25, 0.3) is 15.7 Å². The Bertz CT molecular complexity index is 1280. The van der Waals surface area contributed by atoms with Crippen molar-refractivity contribution in [1.82, 2.24) is 4.83 Å². The van der Waals surface area contributed by atoms with Gasteiger partial charge in [0.15, 0.2) is 5.71 Å². The molecule has 0 aliphatic carbocycles. The van der Waals surface area contributed by atoms with Gasteiger partial charge < -0.3 is 9.47 Å². The van der Waals surface area contributed by atoms with Crippen molar-refractivity contribution in [3.05, 3.63) is 63.7 Å². The average molecular weight is 539 g/mol. The number of hydrogen-bond donors (Lipinski definition) is 1. The number of esters is 1. The van der Waals surface area contributed by atoms with Crippen LogP contribution >= 0.6 is 0 Å². The van der Waals surface area contributed by atoms with Crippen molar-refractivity contribution in [1.29, 1.82) is 0 Å². The minimum absolute atomic E-state index is 0.145. The molecule has 0 bridgehead atoms. The third kappa shape index (κ3) is 6.24. The summed E-state index contributed by atoms with van der Waals surface area (Å²) in [4.78, 5) is 22.1. The maximum Gasteiger partial charge on any atom is 0.417 e. The second-order valence-corrected chi connectivity index (χ2v) is 8.34. The Labute approximate surface area is 200 Å². The zero-order chi connectivity index (χ0) is 27.3. The van der Waals surface area contributed by atoms with E-state index in [1.807, 2.05) is 0 Å². The molecule has 0 aromatic heterocycles. The van der Waals surface area contributed by atoms with E-state index in [-0.39, 0.29) is 6.61 Å². The number of hydrazone groups is 1. The van der Waals surface area contributed by atoms with Crippen LogP contribution < -0.4 is 9.57 Å². The highest BCUT2D eigenvalue weighted by atomic mass is 32.2. The molecule has 1 N–H and O–H groups in total. The van der Waals surface area contributed by atoms with Crippen molar-refractivity contribution in [2.24, 2.45) is 5.10 Å². The standard InChI is InChI=1S/C20H18F5N3O7S/c1-3-34-15-10-9-12(28(30)31)11-13(15)17(19(21,22)18(29)35-4-2)26-27-36(32,33)16-8-6-5-7-14(16)20(23,24)25/h5-11,27H,3-4H2,1-2H3. The van der Waals surface area contributed by atoms with Crippen molar-refractivity contribution < 1.29 is 49.6 Å². The van der Waals surface area contributed by atoms with E-state index in [1.165, 1.54) is 18.7 Å². The fraction of sp³-hybridized carbons (Fsp3) is 0.300. The number of hydrogen-bond acceptors (Lipinski definition) is 8. The van der Waals surface area contributed by atoms with Crippen LogP contribution in [0.3, 0.4) is 0 Å². The molecular formula is C20H18F5N3O7S. The number of sulfonamides is 1. The molecule has 0 aliphatic heterocycles. The van der Waals surface area contributed by atoms with Crippen LogP contribution in [-0.2, 0) is 25.7 Å². The number of benzene rings is 2. The van der Waals surface area contributed by atoms with E-state index < -0.39 is 72.8 Å². The molecule has 2 aromatic carbocycles. The summed E-state index contributed by atoms with van der Waals surface area (Å²) in [6, 6.07) is 5.19. The summed E-state index contributed by atoms with van der Waals surface area (Å²) in [5.41, 5.74) is -4.96. The van der Waals surface area contributed by atoms with Crippen molar-refractivity contribution in [2.45, 2.75) is 30.8 Å². The van der Waals surface area contributed by atoms with Crippen molar-refractivity contribution in [2.75, 3.05) is 13.2 Å². The highest BCUT2D eigenvalue weighted by Gasteiger charge is 2.49. The zero-order valence-electron chi connectivity index (χ0n) is 18.5. The molecule has 10 nitrogen and oxygen atoms in total. The minimum atomic E-state index is -5.24. The maximum absolute atomic E-state index is 15.1. The smallest absolute Gasteiger partial charge is 0.417 e. The summed E-state index contributed by atoms with van der Waals surface area (Å²) in [7, 11) is -5.24. The molecule has 0 atom stereocenters. The van der Waals surface area contributed by atoms with Crippen molar-refractivity contribution in [3.8, 4) is 5.75 Å². The Morgan fingerprint density at radius 3 is 2.28 bits per heavy atom. The number of rotatable bonds is 10. The van der Waals surface area contributed by atoms with Gasteiger partial charge in [-0.3, -0.25) is 10.1 Å². The van der Waals surface area contributed by atoms with Gasteiger partial charge in [0, 0.05) is 12.1 Å². The van der Waals surface area contributed by atoms with Gasteiger partial charge >= 0.3 is 18.1 Å². The molecule has 0 saturated carbocycles. The summed E-state index contributed by atoms with van der Waals surface area (Å²) >= 11 is 0. The van der Waals surface area contributed by atoms with Crippen LogP contribution in [0, 0.1) is 10.1 Å². The van der Waals surface area contributed by atoms with Crippen LogP contribution in [0.15, 0.2) is 52.5 Å². The molecule has 16 heteroatoms. The highest BCUT2D eigenvalue weighted by molar-refractivity contribution is 7.89. The van der Waals surface area contributed by atoms with E-state index in [2.05, 4.69) is 9.84 Å². The van der Waals surface area contributed by atoms with Crippen molar-refractivity contribution in [3.63, 3.8) is 0 Å². The molecule has 0 aliphatic rings. The third-order valence-electron chi connectivity index (χ3n) is 4.32. The number of carbonyl (C=O) groups excluding carboxylic acids is 1. The Hall–Kier alpha value is -3.82. The number of nitrogens with zero attached hydrogens (tertiary/aromatic N) is 2. The summed E-state index contributed by atoms with van der Waals surface area (Å²) in [5, 5.41) is 14.2. The average Bonchev–Trinajstić information content (AvgIpc) is 2.79. The largest absolute Gasteiger partial charge is 0.493 e. The lowest BCUT2D eigenvalue weighted by Crippen LogP contribution is -2.41. The Balaban J connectivity index is 2.77. The summed E-state index contributed by atoms with van der Waals surface area (Å²) < 4.78 is 105. The number of nitrogens with one attached hydrogen (secondary N) is 1. The van der Waals surface area contributed by atoms with E-state index in [9.17, 15) is 36.5 Å². The second kappa shape index (κ2) is 10.8. The van der Waals surface area contributed by atoms with E-state index in [0.717, 1.165) is 24.3 Å². The molecule has 0 radical (unpaired) electrons. The van der Waals surface area contributed by atoms with Crippen LogP contribution in [0.1, 0.15) is 25.0 Å². The zero-order valence-corrected chi connectivity index (χ0v) is 19.3. The van der Waals surface area contributed by atoms with Crippen LogP contribution in [0.25, 0.3) is 0 Å². The molecule has 0 spiro atoms. The first-order valence-electron chi connectivity index (χ1n) is 9.89. The van der Waals surface area contributed by atoms with Crippen LogP contribution in [0.5, 0.6) is 5.75 Å². The molecule has 0 fully saturated rings. The molecule has 0 saturated heterocycles. The Morgan fingerprint density at radius 1 is 1.08 bits per heavy atom. The molecule has 2 rings (SSSR count). The third-order valence-corrected chi connectivity index (χ3v) is 5.58. The molecule has 36 heavy (non-hydrogen) atoms. The Kier molecular flexibility index (Phi) is 8.56. The summed E-state index contributed by atoms with van der Waals surface area (Å²) in [5.74, 6) is -7.38. The highest BCUT2D eigenvalue weighted by Crippen LogP contribution is 2.35. The number of alkyl halides is 5. The SMILES string of the molecule is CCOC(=O)C(F)(F)C(=NNS(=O)(=O)c1ccccc1C(F)(F)F)c1cc([N+](=O)[O-])ccc1OCC. The number of ether oxygens (including phenoxy) is 2. The first-order chi connectivity index (χ1) is 16.7. The molecular weight excluding hydrogens is 521 g/mol. The number of halogens is 5. The van der Waals surface area contributed by atoms with E-state index in [4.69, 9.17) is 4.74 Å². The van der Waals surface area contributed by atoms with Crippen molar-refractivity contribution >= 4 is 27.4 Å². The van der Waals surface area contributed by atoms with Gasteiger partial charge in [-0.05, 0) is 32.0 Å². The number of carbonyl (C=O) groups is 1. The fourth-order valence-electron chi connectivity index (χ4n) is 2.81. The predicted molar refractivity (Wildman–Crippen MR) is 114 cm³/mol. The molecule has 0 amide bonds. The van der Waals surface area contributed by atoms with Gasteiger partial charge in [0.05, 0.1) is 29.3 Å². The molecule has 0 unspecified atom stereocenters. The van der Waals surface area contributed by atoms with Gasteiger partial charge in [0.1, 0.15) is 10.6 Å². The van der Waals surface area contributed by atoms with E-state index >= 15 is 8.78 Å². The lowest BCUT2D eigenvalue weighted by Gasteiger charge is -2.20. The van der Waals surface area contributed by atoms with Gasteiger partial charge in [-0.1, -0.05) is 12.1 Å². The number of nitro benzene ring substituents is 1. The molecule has 196 valence electrons. The first-order valence-corrected chi connectivity index (χ1v) is 11.4. The quantitative estimate of drug-likeness (QED) is 0.159. The first kappa shape index (κ1) is 28.4. The van der Waals surface area contributed by atoms with Gasteiger partial charge in [-0.2, -0.15) is 40.3 Å². The topological polar surface area (TPSA) is 137 Å². The normalized spacial score (nSPS) is 12.7. The van der Waals surface area contributed by atoms with Gasteiger partial charge in [-0.15, -0.1) is 0 Å². The van der Waals surface area contributed by atoms with E-state index in [1.54, 1.807) is 0 Å². The van der Waals surface area contributed by atoms with Crippen LogP contribution in [-0.4, -0.2) is 44.2 Å². The van der Waals surface area contributed by atoms with Crippen LogP contribution in [0.4, 0.5) is 27.6 Å². The molecule has 0 heterocycles. The maximum atomic E-state index is 15.1. The predicted octanol–water partition coefficient (Wildman–Crippen LogP) is 3.89. The monoisotopic (exact) mass is 539 g/mol. The van der Waals surface area contributed by atoms with E-state index in [0.29, 0.717) is 18.2 Å². The number of nitro groups is 1. The van der Waals surface area contributed by atoms with Crippen LogP contribution in [0.2, 0.25) is 0 Å². The summed E-state index contributed by atoms with van der Waals surface area (Å²) in [6.07, 6.45) is -5.13. The Morgan fingerprint density at radius 2 is 1.72 bits per heavy atom. The van der Waals surface area contributed by atoms with Gasteiger partial charge in [-0.25, -0.2) is 4.79 Å². The number of non-ortho nitro benzene ring substituents is 1. The lowest BCUT2D eigenvalue weighted by molar-refractivity contribution is -0.384. The molecule has 2 aromatic rings. The summed E-state index contributed by atoms with van der Waals surface area (Å²) in [6.45, 7) is 1.95. The minimum Gasteiger partial charge on any atom is -0.493 e. The van der Waals surface area contributed by atoms with Gasteiger partial charge in [0.2, 0.25) is 0 Å². The fourth-order valence-corrected chi connectivity index (χ4v) is 3.85.